The van der Waals surface area contributed by atoms with Crippen molar-refractivity contribution < 1.29 is 17.9 Å². The van der Waals surface area contributed by atoms with E-state index in [0.717, 1.165) is 48.1 Å². The van der Waals surface area contributed by atoms with Gasteiger partial charge in [0, 0.05) is 24.1 Å². The Morgan fingerprint density at radius 2 is 2.07 bits per heavy atom. The number of hydrogen-bond acceptors (Lipinski definition) is 5. The van der Waals surface area contributed by atoms with Crippen LogP contribution in [0.25, 0.3) is 11.3 Å². The maximum absolute atomic E-state index is 12.2. The minimum absolute atomic E-state index is 0.0157. The average Bonchev–Trinajstić information content (AvgIpc) is 2.65. The zero-order valence-corrected chi connectivity index (χ0v) is 18.0. The first-order valence-electron chi connectivity index (χ1n) is 9.74. The average molecular weight is 418 g/mol. The van der Waals surface area contributed by atoms with Crippen molar-refractivity contribution in [3.05, 3.63) is 36.0 Å². The molecule has 1 amide bonds. The first-order chi connectivity index (χ1) is 13.7. The zero-order valence-electron chi connectivity index (χ0n) is 17.2. The van der Waals surface area contributed by atoms with E-state index in [4.69, 9.17) is 4.74 Å². The van der Waals surface area contributed by atoms with Crippen LogP contribution in [0.3, 0.4) is 0 Å². The standard InChI is InChI=1S/C21H27N3O4S/c1-5-12-28-21-17(19-10-7-16(13-22-19)23-29(4,26)27)9-11-20-18(21)8-6-14(2)24(20)15(3)25/h7,9-11,13-14,23H,5-6,8,12H2,1-4H3. The normalized spacial score (nSPS) is 16.3. The number of carbonyl (C=O) groups excluding carboxylic acids is 1. The number of nitrogens with one attached hydrogen (secondary N) is 1. The maximum Gasteiger partial charge on any atom is 0.229 e. The lowest BCUT2D eigenvalue weighted by Crippen LogP contribution is -2.40. The SMILES string of the molecule is CCCOc1c(-c2ccc(NS(C)(=O)=O)cn2)ccc2c1CCC(C)N2C(C)=O. The van der Waals surface area contributed by atoms with Gasteiger partial charge in [0.05, 0.1) is 36.1 Å². The Kier molecular flexibility index (Phi) is 6.12. The van der Waals surface area contributed by atoms with Crippen LogP contribution in [0, 0.1) is 0 Å². The molecule has 0 aliphatic carbocycles. The number of ether oxygens (including phenoxy) is 1. The monoisotopic (exact) mass is 417 g/mol. The third kappa shape index (κ3) is 4.70. The summed E-state index contributed by atoms with van der Waals surface area (Å²) in [4.78, 5) is 18.5. The molecule has 0 fully saturated rings. The summed E-state index contributed by atoms with van der Waals surface area (Å²) in [6.45, 7) is 6.25. The minimum Gasteiger partial charge on any atom is -0.493 e. The molecule has 1 unspecified atom stereocenters. The van der Waals surface area contributed by atoms with Crippen LogP contribution in [-0.2, 0) is 21.2 Å². The first-order valence-corrected chi connectivity index (χ1v) is 11.6. The Morgan fingerprint density at radius 3 is 2.66 bits per heavy atom. The van der Waals surface area contributed by atoms with Gasteiger partial charge in [-0.05, 0) is 50.5 Å². The van der Waals surface area contributed by atoms with Gasteiger partial charge >= 0.3 is 0 Å². The molecular formula is C21H27N3O4S. The van der Waals surface area contributed by atoms with Crippen LogP contribution < -0.4 is 14.4 Å². The van der Waals surface area contributed by atoms with Gasteiger partial charge in [-0.3, -0.25) is 14.5 Å². The van der Waals surface area contributed by atoms with Crippen molar-refractivity contribution in [1.29, 1.82) is 0 Å². The molecule has 1 aromatic carbocycles. The fraction of sp³-hybridized carbons (Fsp3) is 0.429. The van der Waals surface area contributed by atoms with Gasteiger partial charge in [0.25, 0.3) is 0 Å². The molecule has 1 aliphatic rings. The second-order valence-electron chi connectivity index (χ2n) is 7.37. The molecule has 0 radical (unpaired) electrons. The molecule has 1 atom stereocenters. The highest BCUT2D eigenvalue weighted by atomic mass is 32.2. The van der Waals surface area contributed by atoms with E-state index in [1.54, 1.807) is 19.1 Å². The third-order valence-electron chi connectivity index (χ3n) is 4.88. The Labute approximate surface area is 172 Å². The quantitative estimate of drug-likeness (QED) is 0.776. The topological polar surface area (TPSA) is 88.6 Å². The molecule has 7 nitrogen and oxygen atoms in total. The largest absolute Gasteiger partial charge is 0.493 e. The second-order valence-corrected chi connectivity index (χ2v) is 9.12. The van der Waals surface area contributed by atoms with Gasteiger partial charge in [-0.1, -0.05) is 6.92 Å². The Balaban J connectivity index is 2.06. The van der Waals surface area contributed by atoms with Crippen LogP contribution in [-0.4, -0.2) is 38.2 Å². The molecule has 2 aromatic rings. The number of carbonyl (C=O) groups is 1. The third-order valence-corrected chi connectivity index (χ3v) is 5.49. The van der Waals surface area contributed by atoms with Crippen molar-refractivity contribution in [1.82, 2.24) is 4.98 Å². The summed E-state index contributed by atoms with van der Waals surface area (Å²) in [5.41, 5.74) is 3.83. The lowest BCUT2D eigenvalue weighted by Gasteiger charge is -2.36. The number of fused-ring (bicyclic) bond motifs is 1. The van der Waals surface area contributed by atoms with Crippen LogP contribution in [0.15, 0.2) is 30.5 Å². The second kappa shape index (κ2) is 8.41. The van der Waals surface area contributed by atoms with Gasteiger partial charge in [-0.15, -0.1) is 0 Å². The number of pyridine rings is 1. The lowest BCUT2D eigenvalue weighted by atomic mass is 9.92. The van der Waals surface area contributed by atoms with Gasteiger partial charge < -0.3 is 9.64 Å². The van der Waals surface area contributed by atoms with E-state index >= 15 is 0 Å². The summed E-state index contributed by atoms with van der Waals surface area (Å²) in [5.74, 6) is 0.765. The van der Waals surface area contributed by atoms with Crippen LogP contribution in [0.5, 0.6) is 5.75 Å². The molecule has 1 aliphatic heterocycles. The van der Waals surface area contributed by atoms with Crippen molar-refractivity contribution in [2.45, 2.75) is 46.1 Å². The number of amides is 1. The van der Waals surface area contributed by atoms with Crippen molar-refractivity contribution in [2.75, 3.05) is 22.5 Å². The lowest BCUT2D eigenvalue weighted by molar-refractivity contribution is -0.117. The number of aromatic nitrogens is 1. The van der Waals surface area contributed by atoms with Crippen LogP contribution >= 0.6 is 0 Å². The van der Waals surface area contributed by atoms with Crippen molar-refractivity contribution in [3.63, 3.8) is 0 Å². The van der Waals surface area contributed by atoms with Crippen molar-refractivity contribution in [2.24, 2.45) is 0 Å². The fourth-order valence-electron chi connectivity index (χ4n) is 3.68. The minimum atomic E-state index is -3.36. The zero-order chi connectivity index (χ0) is 21.2. The smallest absolute Gasteiger partial charge is 0.229 e. The first kappa shape index (κ1) is 21.1. The number of benzene rings is 1. The predicted octanol–water partition coefficient (Wildman–Crippen LogP) is 3.60. The van der Waals surface area contributed by atoms with E-state index < -0.39 is 10.0 Å². The molecule has 8 heteroatoms. The predicted molar refractivity (Wildman–Crippen MR) is 115 cm³/mol. The number of anilines is 2. The summed E-state index contributed by atoms with van der Waals surface area (Å²) in [6.07, 6.45) is 5.14. The highest BCUT2D eigenvalue weighted by Crippen LogP contribution is 2.42. The van der Waals surface area contributed by atoms with Gasteiger partial charge in [0.2, 0.25) is 15.9 Å². The van der Waals surface area contributed by atoms with Crippen LogP contribution in [0.4, 0.5) is 11.4 Å². The fourth-order valence-corrected chi connectivity index (χ4v) is 4.23. The summed E-state index contributed by atoms with van der Waals surface area (Å²) < 4.78 is 31.4. The summed E-state index contributed by atoms with van der Waals surface area (Å²) in [7, 11) is -3.36. The summed E-state index contributed by atoms with van der Waals surface area (Å²) in [5, 5.41) is 0. The molecule has 156 valence electrons. The Bertz CT molecular complexity index is 1000. The number of hydrogen-bond donors (Lipinski definition) is 1. The van der Waals surface area contributed by atoms with Gasteiger partial charge in [-0.2, -0.15) is 0 Å². The maximum atomic E-state index is 12.2. The summed E-state index contributed by atoms with van der Waals surface area (Å²) in [6, 6.07) is 7.46. The Morgan fingerprint density at radius 1 is 1.31 bits per heavy atom. The van der Waals surface area contributed by atoms with Gasteiger partial charge in [-0.25, -0.2) is 8.42 Å². The Hall–Kier alpha value is -2.61. The molecule has 0 bridgehead atoms. The molecule has 1 aromatic heterocycles. The molecule has 0 saturated carbocycles. The summed E-state index contributed by atoms with van der Waals surface area (Å²) >= 11 is 0. The number of rotatable bonds is 6. The van der Waals surface area contributed by atoms with E-state index in [-0.39, 0.29) is 11.9 Å². The molecule has 2 heterocycles. The highest BCUT2D eigenvalue weighted by Gasteiger charge is 2.29. The van der Waals surface area contributed by atoms with E-state index in [1.165, 1.54) is 6.20 Å². The molecule has 0 saturated heterocycles. The molecular weight excluding hydrogens is 390 g/mol. The van der Waals surface area contributed by atoms with E-state index in [0.29, 0.717) is 18.0 Å². The van der Waals surface area contributed by atoms with Crippen molar-refractivity contribution in [3.8, 4) is 17.0 Å². The number of nitrogens with zero attached hydrogens (tertiary/aromatic N) is 2. The van der Waals surface area contributed by atoms with E-state index in [2.05, 4.69) is 16.6 Å². The van der Waals surface area contributed by atoms with Crippen LogP contribution in [0.2, 0.25) is 0 Å². The highest BCUT2D eigenvalue weighted by molar-refractivity contribution is 7.92. The van der Waals surface area contributed by atoms with E-state index in [1.807, 2.05) is 24.0 Å². The molecule has 1 N–H and O–H groups in total. The van der Waals surface area contributed by atoms with E-state index in [9.17, 15) is 13.2 Å². The number of sulfonamides is 1. The van der Waals surface area contributed by atoms with Gasteiger partial charge in [0.15, 0.2) is 0 Å². The molecule has 29 heavy (non-hydrogen) atoms. The van der Waals surface area contributed by atoms with Crippen molar-refractivity contribution >= 4 is 27.3 Å². The van der Waals surface area contributed by atoms with Crippen LogP contribution in [0.1, 0.15) is 39.2 Å². The molecule has 3 rings (SSSR count). The van der Waals surface area contributed by atoms with Gasteiger partial charge in [0.1, 0.15) is 5.75 Å². The molecule has 0 spiro atoms.